The van der Waals surface area contributed by atoms with Crippen molar-refractivity contribution < 1.29 is 12.8 Å². The zero-order valence-corrected chi connectivity index (χ0v) is 27.6. The fourth-order valence-corrected chi connectivity index (χ4v) is 11.0. The van der Waals surface area contributed by atoms with Crippen LogP contribution in [0.4, 0.5) is 5.13 Å². The number of benzene rings is 4. The highest BCUT2D eigenvalue weighted by atomic mass is 32.2. The van der Waals surface area contributed by atoms with Crippen molar-refractivity contribution in [3.05, 3.63) is 126 Å². The molecule has 0 aliphatic heterocycles. The second kappa shape index (κ2) is 12.8. The average Bonchev–Trinajstić information content (AvgIpc) is 3.39. The fraction of sp³-hybridized carbons (Fsp3) is 0.171. The van der Waals surface area contributed by atoms with Gasteiger partial charge in [-0.25, -0.2) is 18.1 Å². The van der Waals surface area contributed by atoms with Gasteiger partial charge in [0.05, 0.1) is 4.70 Å². The summed E-state index contributed by atoms with van der Waals surface area (Å²) in [5, 5.41) is 3.49. The minimum absolute atomic E-state index is 0.183. The van der Waals surface area contributed by atoms with Crippen molar-refractivity contribution in [1.82, 2.24) is 9.71 Å². The molecule has 0 amide bonds. The number of hydrogen-bond donors (Lipinski definition) is 2. The summed E-state index contributed by atoms with van der Waals surface area (Å²) < 4.78 is 34.2. The molecule has 6 nitrogen and oxygen atoms in total. The molecule has 9 heteroatoms. The average molecular weight is 638 g/mol. The van der Waals surface area contributed by atoms with Gasteiger partial charge >= 0.3 is 8.32 Å². The molecule has 5 aromatic rings. The van der Waals surface area contributed by atoms with E-state index in [2.05, 4.69) is 97.4 Å². The quantitative estimate of drug-likeness (QED) is 0.153. The molecule has 0 saturated heterocycles. The summed E-state index contributed by atoms with van der Waals surface area (Å²) in [7, 11) is -6.41. The maximum absolute atomic E-state index is 11.7. The van der Waals surface area contributed by atoms with Crippen LogP contribution in [0.25, 0.3) is 10.2 Å². The predicted molar refractivity (Wildman–Crippen MR) is 185 cm³/mol. The Bertz CT molecular complexity index is 1920. The van der Waals surface area contributed by atoms with E-state index < -0.39 is 18.3 Å². The molecule has 0 unspecified atom stereocenters. The molecule has 0 atom stereocenters. The number of nitrogens with zero attached hydrogens (tertiary/aromatic N) is 1. The molecule has 0 aliphatic rings. The van der Waals surface area contributed by atoms with Gasteiger partial charge in [-0.05, 0) is 38.7 Å². The van der Waals surface area contributed by atoms with Gasteiger partial charge in [0.2, 0.25) is 10.0 Å². The molecule has 5 rings (SSSR count). The van der Waals surface area contributed by atoms with Crippen LogP contribution in [0.3, 0.4) is 0 Å². The van der Waals surface area contributed by atoms with Crippen LogP contribution < -0.4 is 25.3 Å². The third kappa shape index (κ3) is 6.79. The van der Waals surface area contributed by atoms with Gasteiger partial charge in [-0.15, -0.1) is 0 Å². The van der Waals surface area contributed by atoms with Gasteiger partial charge < -0.3 is 10.2 Å². The lowest BCUT2D eigenvalue weighted by Crippen LogP contribution is -2.68. The van der Waals surface area contributed by atoms with Crippen LogP contribution in [0.1, 0.15) is 37.5 Å². The van der Waals surface area contributed by atoms with Crippen LogP contribution in [-0.2, 0) is 23.0 Å². The van der Waals surface area contributed by atoms with E-state index >= 15 is 0 Å². The zero-order valence-electron chi connectivity index (χ0n) is 25.0. The Hall–Kier alpha value is -4.20. The van der Waals surface area contributed by atoms with Crippen molar-refractivity contribution >= 4 is 55.4 Å². The van der Waals surface area contributed by atoms with Crippen molar-refractivity contribution in [3.63, 3.8) is 0 Å². The number of hydrogen-bond acceptors (Lipinski definition) is 6. The molecule has 1 heterocycles. The Morgan fingerprint density at radius 3 is 2.20 bits per heavy atom. The largest absolute Gasteiger partial charge is 0.532 e. The molecular formula is C35H35N3O3S2Si. The molecule has 0 bridgehead atoms. The van der Waals surface area contributed by atoms with E-state index in [4.69, 9.17) is 10.2 Å². The van der Waals surface area contributed by atoms with Crippen LogP contribution in [-0.4, -0.2) is 21.7 Å². The SMILES string of the molecule is C=CS(=O)(=O)NCc1cccc(CC#Cc2cc(O[Si](c3ccccc3)(c3ccccc3)C(C)(C)C)c3nc(N)sc3c2)c1. The lowest BCUT2D eigenvalue weighted by Gasteiger charge is -2.43. The van der Waals surface area contributed by atoms with E-state index in [-0.39, 0.29) is 11.6 Å². The molecule has 0 radical (unpaired) electrons. The van der Waals surface area contributed by atoms with Gasteiger partial charge in [-0.1, -0.05) is 135 Å². The van der Waals surface area contributed by atoms with E-state index in [0.29, 0.717) is 17.3 Å². The van der Waals surface area contributed by atoms with Gasteiger partial charge in [0, 0.05) is 23.9 Å². The van der Waals surface area contributed by atoms with Crippen LogP contribution in [0, 0.1) is 11.8 Å². The highest BCUT2D eigenvalue weighted by Gasteiger charge is 2.52. The minimum atomic E-state index is -3.50. The summed E-state index contributed by atoms with van der Waals surface area (Å²) in [6.07, 6.45) is 0.496. The summed E-state index contributed by atoms with van der Waals surface area (Å²) in [6.45, 7) is 10.2. The monoisotopic (exact) mass is 637 g/mol. The standard InChI is InChI=1S/C35H35N3O3S2Si/c1-5-43(39,40)37-25-28-17-13-15-26(22-28)14-12-16-27-23-31(33-32(24-27)42-34(36)38-33)41-44(35(2,3)4,29-18-8-6-9-19-29)30-20-10-7-11-21-30/h5-11,13,15,17-24,37H,1,14,25H2,2-4H3,(H2,36,38). The summed E-state index contributed by atoms with van der Waals surface area (Å²) in [5.74, 6) is 7.28. The third-order valence-corrected chi connectivity index (χ3v) is 14.1. The van der Waals surface area contributed by atoms with Crippen LogP contribution in [0.5, 0.6) is 5.75 Å². The van der Waals surface area contributed by atoms with Gasteiger partial charge in [-0.3, -0.25) is 0 Å². The molecule has 44 heavy (non-hydrogen) atoms. The van der Waals surface area contributed by atoms with Gasteiger partial charge in [0.1, 0.15) is 11.3 Å². The molecule has 0 spiro atoms. The molecule has 0 fully saturated rings. The first-order chi connectivity index (χ1) is 21.0. The van der Waals surface area contributed by atoms with Crippen LogP contribution in [0.15, 0.2) is 109 Å². The minimum Gasteiger partial charge on any atom is -0.532 e. The normalized spacial score (nSPS) is 12.0. The molecule has 0 saturated carbocycles. The van der Waals surface area contributed by atoms with E-state index in [1.165, 1.54) is 21.7 Å². The molecular weight excluding hydrogens is 603 g/mol. The summed E-state index contributed by atoms with van der Waals surface area (Å²) in [4.78, 5) is 4.68. The number of nitrogen functional groups attached to an aromatic ring is 1. The van der Waals surface area contributed by atoms with Crippen molar-refractivity contribution in [2.45, 2.75) is 38.8 Å². The smallest absolute Gasteiger partial charge is 0.320 e. The molecule has 4 aromatic carbocycles. The number of aromatic nitrogens is 1. The van der Waals surface area contributed by atoms with Crippen molar-refractivity contribution in [2.24, 2.45) is 0 Å². The van der Waals surface area contributed by atoms with Gasteiger partial charge in [-0.2, -0.15) is 0 Å². The Balaban J connectivity index is 1.53. The summed E-state index contributed by atoms with van der Waals surface area (Å²) >= 11 is 1.42. The Kier molecular flexibility index (Phi) is 9.09. The number of sulfonamides is 1. The number of fused-ring (bicyclic) bond motifs is 1. The van der Waals surface area contributed by atoms with Crippen molar-refractivity contribution in [3.8, 4) is 17.6 Å². The summed E-state index contributed by atoms with van der Waals surface area (Å²) in [6, 6.07) is 32.7. The predicted octanol–water partition coefficient (Wildman–Crippen LogP) is 5.97. The van der Waals surface area contributed by atoms with E-state index in [9.17, 15) is 8.42 Å². The Morgan fingerprint density at radius 2 is 1.59 bits per heavy atom. The second-order valence-electron chi connectivity index (χ2n) is 11.5. The molecule has 0 aliphatic carbocycles. The number of nitrogens with two attached hydrogens (primary N) is 1. The van der Waals surface area contributed by atoms with E-state index in [0.717, 1.165) is 32.3 Å². The first-order valence-corrected chi connectivity index (χ1v) is 18.5. The third-order valence-electron chi connectivity index (χ3n) is 7.37. The maximum Gasteiger partial charge on any atom is 0.320 e. The second-order valence-corrected chi connectivity index (χ2v) is 18.5. The van der Waals surface area contributed by atoms with Crippen LogP contribution >= 0.6 is 11.3 Å². The molecule has 3 N–H and O–H groups in total. The molecule has 1 aromatic heterocycles. The lowest BCUT2D eigenvalue weighted by atomic mass is 10.1. The first kappa shape index (κ1) is 31.2. The molecule has 224 valence electrons. The van der Waals surface area contributed by atoms with Gasteiger partial charge in [0.15, 0.2) is 5.13 Å². The highest BCUT2D eigenvalue weighted by Crippen LogP contribution is 2.40. The Morgan fingerprint density at radius 1 is 0.955 bits per heavy atom. The first-order valence-electron chi connectivity index (χ1n) is 14.2. The van der Waals surface area contributed by atoms with E-state index in [1.54, 1.807) is 0 Å². The van der Waals surface area contributed by atoms with Crippen LogP contribution in [0.2, 0.25) is 5.04 Å². The highest BCUT2D eigenvalue weighted by molar-refractivity contribution is 7.92. The summed E-state index contributed by atoms with van der Waals surface area (Å²) in [5.41, 5.74) is 9.59. The fourth-order valence-electron chi connectivity index (χ4n) is 5.32. The lowest BCUT2D eigenvalue weighted by molar-refractivity contribution is 0.512. The van der Waals surface area contributed by atoms with Crippen molar-refractivity contribution in [1.29, 1.82) is 0 Å². The topological polar surface area (TPSA) is 94.3 Å². The van der Waals surface area contributed by atoms with Crippen molar-refractivity contribution in [2.75, 3.05) is 5.73 Å². The Labute approximate surface area is 264 Å². The number of nitrogens with one attached hydrogen (secondary N) is 1. The number of rotatable bonds is 9. The number of anilines is 1. The zero-order chi connectivity index (χ0) is 31.4. The van der Waals surface area contributed by atoms with Gasteiger partial charge in [0.25, 0.3) is 0 Å². The number of thiazole rings is 1. The maximum atomic E-state index is 11.7. The van der Waals surface area contributed by atoms with E-state index in [1.807, 2.05) is 48.5 Å².